The van der Waals surface area contributed by atoms with E-state index in [1.54, 1.807) is 26.2 Å². The molecule has 0 saturated heterocycles. The van der Waals surface area contributed by atoms with Gasteiger partial charge in [0.1, 0.15) is 23.2 Å². The lowest BCUT2D eigenvalue weighted by molar-refractivity contribution is -0.120. The summed E-state index contributed by atoms with van der Waals surface area (Å²) in [5, 5.41) is 10.2. The maximum Gasteiger partial charge on any atom is 0.252 e. The highest BCUT2D eigenvalue weighted by molar-refractivity contribution is 6.09. The molecule has 0 radical (unpaired) electrons. The molecule has 5 N–H and O–H groups in total. The molecule has 3 rings (SSSR count). The molecule has 0 aliphatic rings. The number of nitrogens with two attached hydrogens (primary N) is 2. The van der Waals surface area contributed by atoms with E-state index in [9.17, 15) is 14.7 Å². The van der Waals surface area contributed by atoms with E-state index in [0.29, 0.717) is 16.7 Å². The van der Waals surface area contributed by atoms with E-state index in [0.717, 1.165) is 5.56 Å². The monoisotopic (exact) mass is 412 g/mol. The molecule has 2 aromatic carbocycles. The number of hydrogen-bond donors (Lipinski definition) is 3. The number of amides is 2. The van der Waals surface area contributed by atoms with Crippen molar-refractivity contribution >= 4 is 22.8 Å². The summed E-state index contributed by atoms with van der Waals surface area (Å²) in [5.41, 5.74) is 12.7. The van der Waals surface area contributed by atoms with Crippen LogP contribution in [0.2, 0.25) is 0 Å². The van der Waals surface area contributed by atoms with Gasteiger partial charge in [-0.1, -0.05) is 30.3 Å². The number of ether oxygens (including phenoxy) is 2. The summed E-state index contributed by atoms with van der Waals surface area (Å²) in [6, 6.07) is 12.6. The predicted octanol–water partition coefficient (Wildman–Crippen LogP) is 2.17. The molecule has 30 heavy (non-hydrogen) atoms. The van der Waals surface area contributed by atoms with Crippen molar-refractivity contribution in [2.45, 2.75) is 18.9 Å². The third-order valence-electron chi connectivity index (χ3n) is 4.91. The average Bonchev–Trinajstić information content (AvgIpc) is 3.06. The fourth-order valence-corrected chi connectivity index (χ4v) is 3.55. The number of carbonyl (C=O) groups is 2. The van der Waals surface area contributed by atoms with E-state index in [2.05, 4.69) is 0 Å². The molecule has 2 unspecified atom stereocenters. The number of benzene rings is 2. The first-order valence-corrected chi connectivity index (χ1v) is 9.35. The Bertz CT molecular complexity index is 1060. The Balaban J connectivity index is 2.24. The van der Waals surface area contributed by atoms with E-state index >= 15 is 0 Å². The summed E-state index contributed by atoms with van der Waals surface area (Å²) in [4.78, 5) is 24.2. The third-order valence-corrected chi connectivity index (χ3v) is 4.91. The van der Waals surface area contributed by atoms with Crippen LogP contribution >= 0.6 is 0 Å². The summed E-state index contributed by atoms with van der Waals surface area (Å²) in [6.45, 7) is 1.25. The van der Waals surface area contributed by atoms with Gasteiger partial charge in [0.2, 0.25) is 5.91 Å². The summed E-state index contributed by atoms with van der Waals surface area (Å²) in [5.74, 6) is -2.05. The van der Waals surface area contributed by atoms with Gasteiger partial charge < -0.3 is 30.5 Å². The van der Waals surface area contributed by atoms with E-state index < -0.39 is 30.4 Å². The number of aryl methyl sites for hydroxylation is 1. The number of fused-ring (bicyclic) bond motifs is 1. The van der Waals surface area contributed by atoms with Crippen LogP contribution in [0.15, 0.2) is 46.9 Å². The zero-order valence-electron chi connectivity index (χ0n) is 16.8. The fourth-order valence-electron chi connectivity index (χ4n) is 3.55. The highest BCUT2D eigenvalue weighted by atomic mass is 16.5. The highest BCUT2D eigenvalue weighted by Gasteiger charge is 2.30. The van der Waals surface area contributed by atoms with Crippen LogP contribution in [-0.4, -0.2) is 37.2 Å². The first kappa shape index (κ1) is 21.4. The number of methoxy groups -OCH3 is 1. The topological polar surface area (TPSA) is 138 Å². The standard InChI is InChI=1S/C22H24N2O6/c1-12-18(22(24)27)20-16(29-12)9-8-15(19(20)14(10-25)21(23)26)30-17(11-28-2)13-6-4-3-5-7-13/h3-9,14,17,25H,10-11H2,1-2H3,(H2,23,26)(H2,24,27). The maximum absolute atomic E-state index is 12.1. The third kappa shape index (κ3) is 4.00. The van der Waals surface area contributed by atoms with Crippen molar-refractivity contribution in [1.82, 2.24) is 0 Å². The van der Waals surface area contributed by atoms with E-state index in [1.165, 1.54) is 0 Å². The summed E-state index contributed by atoms with van der Waals surface area (Å²) in [7, 11) is 1.55. The minimum atomic E-state index is -1.13. The van der Waals surface area contributed by atoms with E-state index in [1.807, 2.05) is 30.3 Å². The average molecular weight is 412 g/mol. The molecule has 2 atom stereocenters. The predicted molar refractivity (Wildman–Crippen MR) is 110 cm³/mol. The number of hydrogen-bond acceptors (Lipinski definition) is 6. The van der Waals surface area contributed by atoms with Crippen LogP contribution in [0.3, 0.4) is 0 Å². The van der Waals surface area contributed by atoms with Crippen LogP contribution < -0.4 is 16.2 Å². The van der Waals surface area contributed by atoms with Gasteiger partial charge in [0, 0.05) is 18.1 Å². The van der Waals surface area contributed by atoms with Crippen molar-refractivity contribution in [2.75, 3.05) is 20.3 Å². The molecule has 1 aromatic heterocycles. The molecule has 0 fully saturated rings. The Morgan fingerprint density at radius 2 is 1.83 bits per heavy atom. The van der Waals surface area contributed by atoms with Gasteiger partial charge in [-0.05, 0) is 24.6 Å². The van der Waals surface area contributed by atoms with Crippen LogP contribution in [0.5, 0.6) is 5.75 Å². The van der Waals surface area contributed by atoms with Gasteiger partial charge in [-0.2, -0.15) is 0 Å². The molecule has 0 aliphatic carbocycles. The summed E-state index contributed by atoms with van der Waals surface area (Å²) >= 11 is 0. The Morgan fingerprint density at radius 1 is 1.13 bits per heavy atom. The lowest BCUT2D eigenvalue weighted by Crippen LogP contribution is -2.26. The number of carbonyl (C=O) groups excluding carboxylic acids is 2. The van der Waals surface area contributed by atoms with Gasteiger partial charge in [0.05, 0.1) is 24.7 Å². The molecule has 0 bridgehead atoms. The van der Waals surface area contributed by atoms with Crippen LogP contribution in [0.4, 0.5) is 0 Å². The number of rotatable bonds is 9. The second-order valence-corrected chi connectivity index (χ2v) is 6.86. The quantitative estimate of drug-likeness (QED) is 0.492. The molecular formula is C22H24N2O6. The minimum Gasteiger partial charge on any atom is -0.483 e. The number of aliphatic hydroxyl groups is 1. The largest absolute Gasteiger partial charge is 0.483 e. The molecule has 3 aromatic rings. The van der Waals surface area contributed by atoms with Crippen LogP contribution in [0, 0.1) is 6.92 Å². The Morgan fingerprint density at radius 3 is 2.40 bits per heavy atom. The zero-order valence-corrected chi connectivity index (χ0v) is 16.8. The fraction of sp³-hybridized carbons (Fsp3) is 0.273. The number of primary amides is 2. The van der Waals surface area contributed by atoms with Gasteiger partial charge in [-0.15, -0.1) is 0 Å². The molecule has 8 heteroatoms. The normalized spacial score (nSPS) is 13.2. The Labute approximate surface area is 173 Å². The highest BCUT2D eigenvalue weighted by Crippen LogP contribution is 2.40. The lowest BCUT2D eigenvalue weighted by Gasteiger charge is -2.23. The summed E-state index contributed by atoms with van der Waals surface area (Å²) < 4.78 is 17.2. The lowest BCUT2D eigenvalue weighted by atomic mass is 9.92. The van der Waals surface area contributed by atoms with Crippen molar-refractivity contribution in [3.05, 3.63) is 64.9 Å². The van der Waals surface area contributed by atoms with Crippen molar-refractivity contribution in [3.8, 4) is 5.75 Å². The molecule has 158 valence electrons. The van der Waals surface area contributed by atoms with Crippen molar-refractivity contribution in [2.24, 2.45) is 11.5 Å². The second-order valence-electron chi connectivity index (χ2n) is 6.86. The molecule has 2 amide bonds. The minimum absolute atomic E-state index is 0.119. The van der Waals surface area contributed by atoms with Crippen molar-refractivity contribution in [3.63, 3.8) is 0 Å². The first-order valence-electron chi connectivity index (χ1n) is 9.35. The van der Waals surface area contributed by atoms with Crippen molar-refractivity contribution < 1.29 is 28.6 Å². The second kappa shape index (κ2) is 8.98. The van der Waals surface area contributed by atoms with Gasteiger partial charge >= 0.3 is 0 Å². The van der Waals surface area contributed by atoms with Gasteiger partial charge in [0.15, 0.2) is 0 Å². The van der Waals surface area contributed by atoms with Crippen LogP contribution in [-0.2, 0) is 9.53 Å². The molecule has 0 spiro atoms. The number of aliphatic hydroxyl groups excluding tert-OH is 1. The van der Waals surface area contributed by atoms with Gasteiger partial charge in [0.25, 0.3) is 5.91 Å². The van der Waals surface area contributed by atoms with Crippen LogP contribution in [0.25, 0.3) is 11.0 Å². The summed E-state index contributed by atoms with van der Waals surface area (Å²) in [6.07, 6.45) is -0.510. The van der Waals surface area contributed by atoms with E-state index in [4.69, 9.17) is 25.4 Å². The zero-order chi connectivity index (χ0) is 21.8. The van der Waals surface area contributed by atoms with Crippen molar-refractivity contribution in [1.29, 1.82) is 0 Å². The van der Waals surface area contributed by atoms with E-state index in [-0.39, 0.29) is 23.5 Å². The van der Waals surface area contributed by atoms with Gasteiger partial charge in [-0.3, -0.25) is 9.59 Å². The smallest absolute Gasteiger partial charge is 0.252 e. The molecule has 1 heterocycles. The first-order chi connectivity index (χ1) is 14.4. The maximum atomic E-state index is 12.1. The molecule has 0 aliphatic heterocycles. The SMILES string of the molecule is COCC(Oc1ccc2oc(C)c(C(N)=O)c2c1C(CO)C(N)=O)c1ccccc1. The molecule has 8 nitrogen and oxygen atoms in total. The van der Waals surface area contributed by atoms with Gasteiger partial charge in [-0.25, -0.2) is 0 Å². The van der Waals surface area contributed by atoms with Crippen LogP contribution in [0.1, 0.15) is 39.3 Å². The Hall–Kier alpha value is -3.36. The Kier molecular flexibility index (Phi) is 6.39. The molecular weight excluding hydrogens is 388 g/mol. The number of furan rings is 1. The molecule has 0 saturated carbocycles.